The summed E-state index contributed by atoms with van der Waals surface area (Å²) in [7, 11) is 1.97. The monoisotopic (exact) mass is 177 g/mol. The van der Waals surface area contributed by atoms with Crippen molar-refractivity contribution in [2.24, 2.45) is 7.05 Å². The van der Waals surface area contributed by atoms with Gasteiger partial charge < -0.3 is 9.88 Å². The molecule has 0 unspecified atom stereocenters. The number of terminal acetylenes is 1. The second-order valence-electron chi connectivity index (χ2n) is 2.95. The van der Waals surface area contributed by atoms with Gasteiger partial charge in [0.25, 0.3) is 0 Å². The van der Waals surface area contributed by atoms with Gasteiger partial charge in [-0.3, -0.25) is 0 Å². The molecule has 0 saturated carbocycles. The van der Waals surface area contributed by atoms with Crippen LogP contribution in [0.5, 0.6) is 0 Å². The fraction of sp³-hybridized carbons (Fsp3) is 0.500. The van der Waals surface area contributed by atoms with E-state index in [0.717, 1.165) is 31.8 Å². The van der Waals surface area contributed by atoms with Crippen molar-refractivity contribution in [2.45, 2.75) is 19.3 Å². The van der Waals surface area contributed by atoms with Gasteiger partial charge in [-0.25, -0.2) is 4.98 Å². The van der Waals surface area contributed by atoms with Gasteiger partial charge in [0.1, 0.15) is 0 Å². The summed E-state index contributed by atoms with van der Waals surface area (Å²) in [5.74, 6) is 3.54. The van der Waals surface area contributed by atoms with Crippen LogP contribution in [0.3, 0.4) is 0 Å². The third kappa shape index (κ3) is 3.20. The summed E-state index contributed by atoms with van der Waals surface area (Å²) in [6, 6.07) is 0. The largest absolute Gasteiger partial charge is 0.356 e. The molecule has 0 aliphatic rings. The highest BCUT2D eigenvalue weighted by Gasteiger charge is 1.95. The molecular formula is C10H15N3. The number of aryl methyl sites for hydroxylation is 1. The standard InChI is InChI=1S/C10H15N3/c1-3-4-5-6-7-11-10-12-8-9-13(10)2/h1,8-9H,4-7H2,2H3,(H,11,12). The first-order valence-corrected chi connectivity index (χ1v) is 4.49. The minimum Gasteiger partial charge on any atom is -0.356 e. The molecule has 0 amide bonds. The summed E-state index contributed by atoms with van der Waals surface area (Å²) in [4.78, 5) is 4.15. The topological polar surface area (TPSA) is 29.9 Å². The van der Waals surface area contributed by atoms with E-state index in [-0.39, 0.29) is 0 Å². The van der Waals surface area contributed by atoms with Gasteiger partial charge in [-0.1, -0.05) is 0 Å². The highest BCUT2D eigenvalue weighted by molar-refractivity contribution is 5.24. The molecule has 0 radical (unpaired) electrons. The molecule has 0 aromatic carbocycles. The molecule has 1 heterocycles. The minimum absolute atomic E-state index is 0.863. The van der Waals surface area contributed by atoms with Crippen LogP contribution in [0.25, 0.3) is 0 Å². The smallest absolute Gasteiger partial charge is 0.202 e. The third-order valence-corrected chi connectivity index (χ3v) is 1.85. The van der Waals surface area contributed by atoms with E-state index < -0.39 is 0 Å². The molecule has 1 aromatic rings. The normalized spacial score (nSPS) is 9.54. The van der Waals surface area contributed by atoms with Gasteiger partial charge in [-0.2, -0.15) is 0 Å². The van der Waals surface area contributed by atoms with Crippen LogP contribution >= 0.6 is 0 Å². The van der Waals surface area contributed by atoms with Crippen LogP contribution in [-0.4, -0.2) is 16.1 Å². The maximum absolute atomic E-state index is 5.14. The Labute approximate surface area is 79.2 Å². The van der Waals surface area contributed by atoms with Gasteiger partial charge in [0, 0.05) is 32.4 Å². The van der Waals surface area contributed by atoms with Crippen molar-refractivity contribution in [1.82, 2.24) is 9.55 Å². The summed E-state index contributed by atoms with van der Waals surface area (Å²) in [5, 5.41) is 3.24. The number of rotatable bonds is 5. The zero-order valence-electron chi connectivity index (χ0n) is 7.95. The van der Waals surface area contributed by atoms with E-state index in [2.05, 4.69) is 16.2 Å². The van der Waals surface area contributed by atoms with E-state index in [9.17, 15) is 0 Å². The number of nitrogens with one attached hydrogen (secondary N) is 1. The van der Waals surface area contributed by atoms with Crippen molar-refractivity contribution in [3.63, 3.8) is 0 Å². The molecule has 0 saturated heterocycles. The highest BCUT2D eigenvalue weighted by Crippen LogP contribution is 2.01. The van der Waals surface area contributed by atoms with Gasteiger partial charge >= 0.3 is 0 Å². The molecule has 1 rings (SSSR count). The Hall–Kier alpha value is -1.43. The molecule has 1 aromatic heterocycles. The molecule has 0 atom stereocenters. The molecule has 3 heteroatoms. The lowest BCUT2D eigenvalue weighted by Crippen LogP contribution is -2.06. The van der Waals surface area contributed by atoms with Crippen LogP contribution in [0.1, 0.15) is 19.3 Å². The lowest BCUT2D eigenvalue weighted by Gasteiger charge is -2.04. The first-order valence-electron chi connectivity index (χ1n) is 4.49. The van der Waals surface area contributed by atoms with Gasteiger partial charge in [-0.05, 0) is 12.8 Å². The van der Waals surface area contributed by atoms with Gasteiger partial charge in [-0.15, -0.1) is 12.3 Å². The average Bonchev–Trinajstić information content (AvgIpc) is 2.52. The van der Waals surface area contributed by atoms with Crippen LogP contribution in [0.2, 0.25) is 0 Å². The average molecular weight is 177 g/mol. The Morgan fingerprint density at radius 3 is 3.08 bits per heavy atom. The van der Waals surface area contributed by atoms with Crippen LogP contribution in [0, 0.1) is 12.3 Å². The predicted molar refractivity (Wildman–Crippen MR) is 54.4 cm³/mol. The van der Waals surface area contributed by atoms with Crippen LogP contribution in [0.4, 0.5) is 5.95 Å². The molecule has 70 valence electrons. The van der Waals surface area contributed by atoms with Crippen molar-refractivity contribution < 1.29 is 0 Å². The van der Waals surface area contributed by atoms with Crippen LogP contribution in [0.15, 0.2) is 12.4 Å². The summed E-state index contributed by atoms with van der Waals surface area (Å²) < 4.78 is 1.96. The lowest BCUT2D eigenvalue weighted by atomic mass is 10.2. The number of hydrogen-bond acceptors (Lipinski definition) is 2. The van der Waals surface area contributed by atoms with Crippen LogP contribution in [-0.2, 0) is 7.05 Å². The molecule has 0 fully saturated rings. The zero-order chi connectivity index (χ0) is 9.52. The Morgan fingerprint density at radius 2 is 2.46 bits per heavy atom. The number of nitrogens with zero attached hydrogens (tertiary/aromatic N) is 2. The molecule has 0 bridgehead atoms. The van der Waals surface area contributed by atoms with E-state index in [1.165, 1.54) is 0 Å². The zero-order valence-corrected chi connectivity index (χ0v) is 7.95. The van der Waals surface area contributed by atoms with Crippen molar-refractivity contribution in [3.8, 4) is 12.3 Å². The number of unbranched alkanes of at least 4 members (excludes halogenated alkanes) is 2. The van der Waals surface area contributed by atoms with E-state index >= 15 is 0 Å². The summed E-state index contributed by atoms with van der Waals surface area (Å²) >= 11 is 0. The number of aromatic nitrogens is 2. The molecule has 3 nitrogen and oxygen atoms in total. The summed E-state index contributed by atoms with van der Waals surface area (Å²) in [6.07, 6.45) is 11.9. The molecule has 0 aliphatic carbocycles. The van der Waals surface area contributed by atoms with Crippen molar-refractivity contribution >= 4 is 5.95 Å². The Kier molecular flexibility index (Phi) is 3.90. The number of imidazole rings is 1. The van der Waals surface area contributed by atoms with Crippen molar-refractivity contribution in [2.75, 3.05) is 11.9 Å². The molecule has 1 N–H and O–H groups in total. The van der Waals surface area contributed by atoms with E-state index in [4.69, 9.17) is 6.42 Å². The number of anilines is 1. The summed E-state index contributed by atoms with van der Waals surface area (Å²) in [5.41, 5.74) is 0. The second-order valence-corrected chi connectivity index (χ2v) is 2.95. The quantitative estimate of drug-likeness (QED) is 0.547. The Balaban J connectivity index is 2.14. The third-order valence-electron chi connectivity index (χ3n) is 1.85. The first kappa shape index (κ1) is 9.66. The molecule has 13 heavy (non-hydrogen) atoms. The molecular weight excluding hydrogens is 162 g/mol. The second kappa shape index (κ2) is 5.26. The van der Waals surface area contributed by atoms with Gasteiger partial charge in [0.05, 0.1) is 0 Å². The first-order chi connectivity index (χ1) is 6.34. The maximum atomic E-state index is 5.14. The predicted octanol–water partition coefficient (Wildman–Crippen LogP) is 1.64. The van der Waals surface area contributed by atoms with E-state index in [1.807, 2.05) is 17.8 Å². The Bertz CT molecular complexity index is 283. The lowest BCUT2D eigenvalue weighted by molar-refractivity contribution is 0.776. The number of hydrogen-bond donors (Lipinski definition) is 1. The molecule has 0 spiro atoms. The van der Waals surface area contributed by atoms with Crippen LogP contribution < -0.4 is 5.32 Å². The minimum atomic E-state index is 0.863. The van der Waals surface area contributed by atoms with Gasteiger partial charge in [0.2, 0.25) is 5.95 Å². The van der Waals surface area contributed by atoms with Crippen molar-refractivity contribution in [1.29, 1.82) is 0 Å². The maximum Gasteiger partial charge on any atom is 0.202 e. The molecule has 0 aliphatic heterocycles. The fourth-order valence-electron chi connectivity index (χ4n) is 1.09. The SMILES string of the molecule is C#CCCCCNc1nccn1C. The fourth-order valence-corrected chi connectivity index (χ4v) is 1.09. The Morgan fingerprint density at radius 1 is 1.62 bits per heavy atom. The van der Waals surface area contributed by atoms with Gasteiger partial charge in [0.15, 0.2) is 0 Å². The van der Waals surface area contributed by atoms with E-state index in [0.29, 0.717) is 0 Å². The van der Waals surface area contributed by atoms with E-state index in [1.54, 1.807) is 6.20 Å². The summed E-state index contributed by atoms with van der Waals surface area (Å²) in [6.45, 7) is 0.937. The highest BCUT2D eigenvalue weighted by atomic mass is 15.2. The van der Waals surface area contributed by atoms with Crippen molar-refractivity contribution in [3.05, 3.63) is 12.4 Å².